The van der Waals surface area contributed by atoms with Gasteiger partial charge in [-0.2, -0.15) is 13.2 Å². The Morgan fingerprint density at radius 1 is 1.21 bits per heavy atom. The maximum atomic E-state index is 12.5. The van der Waals surface area contributed by atoms with Gasteiger partial charge in [-0.1, -0.05) is 6.07 Å². The highest BCUT2D eigenvalue weighted by molar-refractivity contribution is 7.92. The van der Waals surface area contributed by atoms with Gasteiger partial charge in [-0.25, -0.2) is 8.42 Å². The van der Waals surface area contributed by atoms with Crippen molar-refractivity contribution in [3.05, 3.63) is 29.8 Å². The third-order valence-corrected chi connectivity index (χ3v) is 5.23. The zero-order chi connectivity index (χ0) is 13.6. The average molecular weight is 316 g/mol. The largest absolute Gasteiger partial charge is 0.416 e. The van der Waals surface area contributed by atoms with Crippen molar-refractivity contribution in [1.82, 2.24) is 0 Å². The van der Waals surface area contributed by atoms with Crippen LogP contribution in [0.2, 0.25) is 0 Å². The van der Waals surface area contributed by atoms with E-state index >= 15 is 0 Å². The lowest BCUT2D eigenvalue weighted by Crippen LogP contribution is -2.44. The molecule has 0 aliphatic heterocycles. The smallest absolute Gasteiger partial charge is 0.328 e. The summed E-state index contributed by atoms with van der Waals surface area (Å²) in [6.45, 7) is 0. The standard InChI is InChI=1S/C11H12F3NO2S.ClH/c12-11(13,14)7-2-1-3-9(4-7)18(16,17)10-5-8(15)6-10;/h1-4,8,10H,5-6,15H2;1H/t8-,10+;. The normalized spacial score (nSPS) is 23.4. The van der Waals surface area contributed by atoms with Crippen LogP contribution in [0.15, 0.2) is 29.2 Å². The molecule has 0 atom stereocenters. The van der Waals surface area contributed by atoms with E-state index in [1.807, 2.05) is 0 Å². The van der Waals surface area contributed by atoms with Crippen LogP contribution in [0.4, 0.5) is 13.2 Å². The van der Waals surface area contributed by atoms with Gasteiger partial charge in [0.05, 0.1) is 15.7 Å². The summed E-state index contributed by atoms with van der Waals surface area (Å²) in [7, 11) is -3.70. The first kappa shape index (κ1) is 16.3. The summed E-state index contributed by atoms with van der Waals surface area (Å²) >= 11 is 0. The molecular formula is C11H13ClF3NO2S. The Morgan fingerprint density at radius 3 is 2.26 bits per heavy atom. The molecule has 1 fully saturated rings. The predicted molar refractivity (Wildman–Crippen MR) is 66.9 cm³/mol. The van der Waals surface area contributed by atoms with Crippen molar-refractivity contribution >= 4 is 22.2 Å². The number of nitrogens with two attached hydrogens (primary N) is 1. The van der Waals surface area contributed by atoms with Gasteiger partial charge in [-0.15, -0.1) is 12.4 Å². The highest BCUT2D eigenvalue weighted by atomic mass is 35.5. The van der Waals surface area contributed by atoms with E-state index in [1.165, 1.54) is 6.07 Å². The summed E-state index contributed by atoms with van der Waals surface area (Å²) in [5.41, 5.74) is 4.55. The fourth-order valence-corrected chi connectivity index (χ4v) is 3.85. The van der Waals surface area contributed by atoms with Gasteiger partial charge in [-0.05, 0) is 31.0 Å². The average Bonchev–Trinajstić information content (AvgIpc) is 2.24. The molecule has 0 spiro atoms. The lowest BCUT2D eigenvalue weighted by Gasteiger charge is -2.31. The molecule has 1 aliphatic carbocycles. The van der Waals surface area contributed by atoms with Crippen molar-refractivity contribution in [1.29, 1.82) is 0 Å². The molecule has 1 saturated carbocycles. The molecule has 1 aromatic carbocycles. The van der Waals surface area contributed by atoms with E-state index in [9.17, 15) is 21.6 Å². The molecule has 0 radical (unpaired) electrons. The summed E-state index contributed by atoms with van der Waals surface area (Å²) in [5.74, 6) is 0. The summed E-state index contributed by atoms with van der Waals surface area (Å²) < 4.78 is 61.5. The minimum Gasteiger partial charge on any atom is -0.328 e. The molecule has 0 heterocycles. The number of benzene rings is 1. The van der Waals surface area contributed by atoms with E-state index in [2.05, 4.69) is 0 Å². The minimum absolute atomic E-state index is 0. The van der Waals surface area contributed by atoms with E-state index in [0.29, 0.717) is 18.9 Å². The summed E-state index contributed by atoms with van der Waals surface area (Å²) in [6, 6.07) is 3.66. The van der Waals surface area contributed by atoms with Gasteiger partial charge in [0.25, 0.3) is 0 Å². The third-order valence-electron chi connectivity index (χ3n) is 3.06. The summed E-state index contributed by atoms with van der Waals surface area (Å²) in [5, 5.41) is -0.656. The topological polar surface area (TPSA) is 60.2 Å². The van der Waals surface area contributed by atoms with Gasteiger partial charge >= 0.3 is 6.18 Å². The molecular weight excluding hydrogens is 303 g/mol. The minimum atomic E-state index is -4.54. The Labute approximate surface area is 115 Å². The molecule has 3 nitrogen and oxygen atoms in total. The van der Waals surface area contributed by atoms with Crippen molar-refractivity contribution in [3.8, 4) is 0 Å². The van der Waals surface area contributed by atoms with Gasteiger partial charge in [0, 0.05) is 6.04 Å². The van der Waals surface area contributed by atoms with E-state index in [4.69, 9.17) is 5.73 Å². The van der Waals surface area contributed by atoms with Crippen molar-refractivity contribution < 1.29 is 21.6 Å². The molecule has 0 amide bonds. The number of rotatable bonds is 2. The first-order valence-corrected chi connectivity index (χ1v) is 6.92. The second kappa shape index (κ2) is 5.30. The van der Waals surface area contributed by atoms with Crippen LogP contribution in [-0.4, -0.2) is 19.7 Å². The number of alkyl halides is 3. The Balaban J connectivity index is 0.00000180. The first-order chi connectivity index (χ1) is 8.21. The van der Waals surface area contributed by atoms with E-state index in [1.54, 1.807) is 0 Å². The fraction of sp³-hybridized carbons (Fsp3) is 0.455. The highest BCUT2D eigenvalue weighted by Gasteiger charge is 2.39. The molecule has 1 aromatic rings. The molecule has 2 rings (SSSR count). The van der Waals surface area contributed by atoms with Crippen molar-refractivity contribution in [3.63, 3.8) is 0 Å². The number of halogens is 4. The molecule has 0 aromatic heterocycles. The molecule has 8 heteroatoms. The van der Waals surface area contributed by atoms with E-state index in [0.717, 1.165) is 12.1 Å². The van der Waals surface area contributed by atoms with E-state index in [-0.39, 0.29) is 23.3 Å². The van der Waals surface area contributed by atoms with Gasteiger partial charge in [-0.3, -0.25) is 0 Å². The predicted octanol–water partition coefficient (Wildman–Crippen LogP) is 2.39. The maximum absolute atomic E-state index is 12.5. The van der Waals surface area contributed by atoms with Crippen molar-refractivity contribution in [2.45, 2.75) is 35.2 Å². The number of hydrogen-bond donors (Lipinski definition) is 1. The summed E-state index contributed by atoms with van der Waals surface area (Å²) in [6.07, 6.45) is -3.93. The zero-order valence-electron chi connectivity index (χ0n) is 9.72. The molecule has 108 valence electrons. The van der Waals surface area contributed by atoms with Crippen molar-refractivity contribution in [2.24, 2.45) is 5.73 Å². The molecule has 19 heavy (non-hydrogen) atoms. The second-order valence-electron chi connectivity index (χ2n) is 4.42. The Bertz CT molecular complexity index is 553. The van der Waals surface area contributed by atoms with Gasteiger partial charge < -0.3 is 5.73 Å². The quantitative estimate of drug-likeness (QED) is 0.911. The number of hydrogen-bond acceptors (Lipinski definition) is 3. The van der Waals surface area contributed by atoms with Crippen LogP contribution < -0.4 is 5.73 Å². The molecule has 0 unspecified atom stereocenters. The maximum Gasteiger partial charge on any atom is 0.416 e. The van der Waals surface area contributed by atoms with Gasteiger partial charge in [0.1, 0.15) is 0 Å². The van der Waals surface area contributed by atoms with Gasteiger partial charge in [0.2, 0.25) is 0 Å². The van der Waals surface area contributed by atoms with Crippen LogP contribution in [0.1, 0.15) is 18.4 Å². The number of sulfone groups is 1. The van der Waals surface area contributed by atoms with Crippen LogP contribution in [0.3, 0.4) is 0 Å². The molecule has 0 bridgehead atoms. The molecule has 0 saturated heterocycles. The highest BCUT2D eigenvalue weighted by Crippen LogP contribution is 2.34. The summed E-state index contributed by atoms with van der Waals surface area (Å²) in [4.78, 5) is -0.283. The monoisotopic (exact) mass is 315 g/mol. The van der Waals surface area contributed by atoms with Crippen LogP contribution in [-0.2, 0) is 16.0 Å². The van der Waals surface area contributed by atoms with E-state index < -0.39 is 26.8 Å². The Kier molecular flexibility index (Phi) is 4.54. The SMILES string of the molecule is Cl.N[C@H]1C[C@@H](S(=O)(=O)c2cccc(C(F)(F)F)c2)C1. The van der Waals surface area contributed by atoms with Gasteiger partial charge in [0.15, 0.2) is 9.84 Å². The van der Waals surface area contributed by atoms with Crippen LogP contribution in [0, 0.1) is 0 Å². The molecule has 1 aliphatic rings. The van der Waals surface area contributed by atoms with Crippen LogP contribution in [0.25, 0.3) is 0 Å². The lowest BCUT2D eigenvalue weighted by molar-refractivity contribution is -0.137. The van der Waals surface area contributed by atoms with Crippen LogP contribution in [0.5, 0.6) is 0 Å². The second-order valence-corrected chi connectivity index (χ2v) is 6.65. The third kappa shape index (κ3) is 3.21. The first-order valence-electron chi connectivity index (χ1n) is 5.38. The van der Waals surface area contributed by atoms with Crippen LogP contribution >= 0.6 is 12.4 Å². The lowest BCUT2D eigenvalue weighted by atomic mass is 9.93. The van der Waals surface area contributed by atoms with Crippen molar-refractivity contribution in [2.75, 3.05) is 0 Å². The Morgan fingerprint density at radius 2 is 1.79 bits per heavy atom. The Hall–Kier alpha value is -0.790. The molecule has 2 N–H and O–H groups in total. The zero-order valence-corrected chi connectivity index (χ0v) is 11.4. The fourth-order valence-electron chi connectivity index (χ4n) is 1.90.